The number of piperidine rings is 1. The minimum absolute atomic E-state index is 0.0299. The molecule has 3 aromatic rings. The van der Waals surface area contributed by atoms with Crippen LogP contribution in [0.1, 0.15) is 25.0 Å². The van der Waals surface area contributed by atoms with Gasteiger partial charge in [0.05, 0.1) is 10.9 Å². The fourth-order valence-electron chi connectivity index (χ4n) is 3.72. The smallest absolute Gasteiger partial charge is 0.450 e. The van der Waals surface area contributed by atoms with Gasteiger partial charge in [0.15, 0.2) is 6.61 Å². The van der Waals surface area contributed by atoms with Crippen molar-refractivity contribution >= 4 is 28.5 Å². The highest BCUT2D eigenvalue weighted by atomic mass is 35.5. The first-order chi connectivity index (χ1) is 15.2. The van der Waals surface area contributed by atoms with E-state index in [1.807, 2.05) is 0 Å². The van der Waals surface area contributed by atoms with Gasteiger partial charge in [-0.25, -0.2) is 0 Å². The van der Waals surface area contributed by atoms with Gasteiger partial charge in [0.2, 0.25) is 11.2 Å². The Morgan fingerprint density at radius 1 is 1.06 bits per heavy atom. The lowest BCUT2D eigenvalue weighted by Crippen LogP contribution is -2.38. The van der Waals surface area contributed by atoms with Crippen LogP contribution in [0.3, 0.4) is 0 Å². The van der Waals surface area contributed by atoms with Gasteiger partial charge in [-0.3, -0.25) is 9.59 Å². The average molecular weight is 466 g/mol. The highest BCUT2D eigenvalue weighted by molar-refractivity contribution is 6.30. The van der Waals surface area contributed by atoms with E-state index in [4.69, 9.17) is 20.8 Å². The monoisotopic (exact) mass is 465 g/mol. The van der Waals surface area contributed by atoms with Crippen LogP contribution >= 0.6 is 11.6 Å². The highest BCUT2D eigenvalue weighted by Gasteiger charge is 2.39. The number of halogens is 4. The van der Waals surface area contributed by atoms with Crippen molar-refractivity contribution in [3.8, 4) is 16.9 Å². The van der Waals surface area contributed by atoms with Crippen molar-refractivity contribution in [2.75, 3.05) is 19.7 Å². The number of benzene rings is 2. The van der Waals surface area contributed by atoms with Crippen LogP contribution in [0, 0.1) is 0 Å². The molecule has 0 unspecified atom stereocenters. The number of hydrogen-bond donors (Lipinski definition) is 0. The van der Waals surface area contributed by atoms with Crippen molar-refractivity contribution in [1.82, 2.24) is 4.90 Å². The van der Waals surface area contributed by atoms with Crippen molar-refractivity contribution < 1.29 is 27.1 Å². The number of ether oxygens (including phenoxy) is 1. The van der Waals surface area contributed by atoms with E-state index in [1.54, 1.807) is 4.90 Å². The van der Waals surface area contributed by atoms with Gasteiger partial charge in [0, 0.05) is 24.2 Å². The maximum atomic E-state index is 13.7. The Balaban J connectivity index is 1.69. The third-order valence-electron chi connectivity index (χ3n) is 5.33. The fourth-order valence-corrected chi connectivity index (χ4v) is 3.85. The van der Waals surface area contributed by atoms with Crippen molar-refractivity contribution in [2.24, 2.45) is 0 Å². The molecule has 5 nitrogen and oxygen atoms in total. The van der Waals surface area contributed by atoms with E-state index in [0.717, 1.165) is 19.3 Å². The molecule has 0 spiro atoms. The van der Waals surface area contributed by atoms with Crippen LogP contribution in [0.5, 0.6) is 5.75 Å². The third-order valence-corrected chi connectivity index (χ3v) is 5.58. The molecule has 32 heavy (non-hydrogen) atoms. The first-order valence-electron chi connectivity index (χ1n) is 10.1. The second-order valence-electron chi connectivity index (χ2n) is 7.53. The van der Waals surface area contributed by atoms with Crippen LogP contribution in [0.4, 0.5) is 13.2 Å². The molecule has 1 saturated heterocycles. The van der Waals surface area contributed by atoms with Crippen LogP contribution in [0.2, 0.25) is 5.02 Å². The molecule has 1 aliphatic rings. The lowest BCUT2D eigenvalue weighted by atomic mass is 10.0. The van der Waals surface area contributed by atoms with E-state index < -0.39 is 22.9 Å². The van der Waals surface area contributed by atoms with Gasteiger partial charge in [0.1, 0.15) is 11.3 Å². The molecule has 1 fully saturated rings. The molecule has 2 aromatic carbocycles. The summed E-state index contributed by atoms with van der Waals surface area (Å²) in [6, 6.07) is 9.43. The molecule has 0 saturated carbocycles. The molecule has 1 aliphatic heterocycles. The second kappa shape index (κ2) is 8.86. The Hall–Kier alpha value is -3.00. The molecule has 4 rings (SSSR count). The van der Waals surface area contributed by atoms with Crippen LogP contribution < -0.4 is 10.2 Å². The number of carbonyl (C=O) groups excluding carboxylic acids is 1. The summed E-state index contributed by atoms with van der Waals surface area (Å²) in [5.41, 5.74) is -1.64. The van der Waals surface area contributed by atoms with E-state index in [9.17, 15) is 22.8 Å². The predicted octanol–water partition coefficient (Wildman–Crippen LogP) is 5.52. The first kappa shape index (κ1) is 22.2. The summed E-state index contributed by atoms with van der Waals surface area (Å²) in [5.74, 6) is -1.46. The summed E-state index contributed by atoms with van der Waals surface area (Å²) in [5, 5.41) is 0.297. The standard InChI is InChI=1S/C23H19ClF3NO4/c24-15-6-4-14(5-7-15)20-21(30)17-9-8-16(12-18(17)32-22(20)23(25,26)27)31-13-19(29)28-10-2-1-3-11-28/h4-9,12H,1-3,10-11,13H2. The van der Waals surface area contributed by atoms with Crippen molar-refractivity contribution in [3.63, 3.8) is 0 Å². The average Bonchev–Trinajstić information content (AvgIpc) is 2.78. The van der Waals surface area contributed by atoms with Gasteiger partial charge in [-0.05, 0) is 49.1 Å². The Morgan fingerprint density at radius 2 is 1.75 bits per heavy atom. The number of hydrogen-bond acceptors (Lipinski definition) is 4. The molecule has 0 atom stereocenters. The van der Waals surface area contributed by atoms with Gasteiger partial charge in [-0.2, -0.15) is 13.2 Å². The summed E-state index contributed by atoms with van der Waals surface area (Å²) in [6.45, 7) is 1.08. The number of carbonyl (C=O) groups is 1. The Labute approximate surface area is 186 Å². The number of fused-ring (bicyclic) bond motifs is 1. The molecule has 0 bridgehead atoms. The zero-order valence-electron chi connectivity index (χ0n) is 16.9. The summed E-state index contributed by atoms with van der Waals surface area (Å²) < 4.78 is 51.9. The second-order valence-corrected chi connectivity index (χ2v) is 7.96. The summed E-state index contributed by atoms with van der Waals surface area (Å²) in [4.78, 5) is 26.9. The van der Waals surface area contributed by atoms with E-state index in [-0.39, 0.29) is 34.8 Å². The van der Waals surface area contributed by atoms with Crippen molar-refractivity contribution in [1.29, 1.82) is 0 Å². The molecule has 1 amide bonds. The number of amides is 1. The molecular weight excluding hydrogens is 447 g/mol. The quantitative estimate of drug-likeness (QED) is 0.509. The maximum absolute atomic E-state index is 13.7. The molecule has 2 heterocycles. The molecule has 168 valence electrons. The van der Waals surface area contributed by atoms with Crippen molar-refractivity contribution in [2.45, 2.75) is 25.4 Å². The van der Waals surface area contributed by atoms with Gasteiger partial charge in [-0.15, -0.1) is 0 Å². The lowest BCUT2D eigenvalue weighted by molar-refractivity contribution is -0.152. The van der Waals surface area contributed by atoms with Gasteiger partial charge in [0.25, 0.3) is 5.91 Å². The number of rotatable bonds is 4. The normalized spacial score (nSPS) is 14.6. The molecule has 0 N–H and O–H groups in total. The summed E-state index contributed by atoms with van der Waals surface area (Å²) in [7, 11) is 0. The summed E-state index contributed by atoms with van der Waals surface area (Å²) >= 11 is 5.82. The van der Waals surface area contributed by atoms with Gasteiger partial charge in [-0.1, -0.05) is 23.7 Å². The van der Waals surface area contributed by atoms with Crippen LogP contribution in [0.15, 0.2) is 51.7 Å². The highest BCUT2D eigenvalue weighted by Crippen LogP contribution is 2.38. The number of alkyl halides is 3. The van der Waals surface area contributed by atoms with E-state index in [0.29, 0.717) is 18.1 Å². The zero-order chi connectivity index (χ0) is 22.9. The molecular formula is C23H19ClF3NO4. The largest absolute Gasteiger partial charge is 0.484 e. The van der Waals surface area contributed by atoms with E-state index in [1.165, 1.54) is 42.5 Å². The fraction of sp³-hybridized carbons (Fsp3) is 0.304. The Morgan fingerprint density at radius 3 is 2.41 bits per heavy atom. The van der Waals surface area contributed by atoms with E-state index in [2.05, 4.69) is 0 Å². The first-order valence-corrected chi connectivity index (χ1v) is 10.5. The molecule has 0 radical (unpaired) electrons. The maximum Gasteiger partial charge on any atom is 0.450 e. The number of nitrogens with zero attached hydrogens (tertiary/aromatic N) is 1. The van der Waals surface area contributed by atoms with Crippen LogP contribution in [-0.4, -0.2) is 30.5 Å². The van der Waals surface area contributed by atoms with Crippen molar-refractivity contribution in [3.05, 3.63) is 63.5 Å². The summed E-state index contributed by atoms with van der Waals surface area (Å²) in [6.07, 6.45) is -1.95. The minimum Gasteiger partial charge on any atom is -0.484 e. The lowest BCUT2D eigenvalue weighted by Gasteiger charge is -2.26. The molecule has 9 heteroatoms. The SMILES string of the molecule is O=C(COc1ccc2c(=O)c(-c3ccc(Cl)cc3)c(C(F)(F)F)oc2c1)N1CCCCC1. The van der Waals surface area contributed by atoms with Crippen LogP contribution in [0.25, 0.3) is 22.1 Å². The van der Waals surface area contributed by atoms with E-state index >= 15 is 0 Å². The van der Waals surface area contributed by atoms with Gasteiger partial charge >= 0.3 is 6.18 Å². The number of likely N-dealkylation sites (tertiary alicyclic amines) is 1. The zero-order valence-corrected chi connectivity index (χ0v) is 17.6. The van der Waals surface area contributed by atoms with Crippen LogP contribution in [-0.2, 0) is 11.0 Å². The predicted molar refractivity (Wildman–Crippen MR) is 114 cm³/mol. The molecule has 1 aromatic heterocycles. The Kier molecular flexibility index (Phi) is 6.15. The molecule has 0 aliphatic carbocycles. The Bertz CT molecular complexity index is 1200. The minimum atomic E-state index is -4.90. The van der Waals surface area contributed by atoms with Gasteiger partial charge < -0.3 is 14.1 Å². The third kappa shape index (κ3) is 4.60. The topological polar surface area (TPSA) is 59.8 Å².